The predicted octanol–water partition coefficient (Wildman–Crippen LogP) is 3.88. The third-order valence-electron chi connectivity index (χ3n) is 3.91. The van der Waals surface area contributed by atoms with Crippen LogP contribution in [-0.2, 0) is 0 Å². The van der Waals surface area contributed by atoms with Gasteiger partial charge in [0.1, 0.15) is 0 Å². The van der Waals surface area contributed by atoms with E-state index in [9.17, 15) is 4.79 Å². The van der Waals surface area contributed by atoms with Gasteiger partial charge >= 0.3 is 0 Å². The van der Waals surface area contributed by atoms with Gasteiger partial charge in [-0.2, -0.15) is 0 Å². The third kappa shape index (κ3) is 3.43. The Morgan fingerprint density at radius 2 is 1.71 bits per heavy atom. The largest absolute Gasteiger partial charge is 0.378 e. The minimum Gasteiger partial charge on any atom is -0.378 e. The number of nitrogens with two attached hydrogens (primary N) is 1. The molecule has 3 heteroatoms. The number of anilines is 1. The SMILES string of the molecule is Cc1ccc(C(C)Nc2ccc(C(N)=O)cc2C)cc1C. The van der Waals surface area contributed by atoms with Gasteiger partial charge < -0.3 is 11.1 Å². The van der Waals surface area contributed by atoms with Crippen LogP contribution in [0.4, 0.5) is 5.69 Å². The zero-order valence-corrected chi connectivity index (χ0v) is 13.0. The first-order valence-electron chi connectivity index (χ1n) is 7.12. The van der Waals surface area contributed by atoms with Crippen molar-refractivity contribution in [3.8, 4) is 0 Å². The molecule has 0 aliphatic rings. The van der Waals surface area contributed by atoms with E-state index in [2.05, 4.69) is 44.3 Å². The van der Waals surface area contributed by atoms with E-state index in [1.165, 1.54) is 16.7 Å². The van der Waals surface area contributed by atoms with Crippen molar-refractivity contribution in [3.05, 3.63) is 64.2 Å². The van der Waals surface area contributed by atoms with E-state index in [0.29, 0.717) is 5.56 Å². The summed E-state index contributed by atoms with van der Waals surface area (Å²) in [5, 5.41) is 3.49. The molecule has 1 unspecified atom stereocenters. The van der Waals surface area contributed by atoms with Crippen LogP contribution in [0.3, 0.4) is 0 Å². The predicted molar refractivity (Wildman–Crippen MR) is 87.7 cm³/mol. The van der Waals surface area contributed by atoms with Crippen molar-refractivity contribution in [3.63, 3.8) is 0 Å². The van der Waals surface area contributed by atoms with E-state index in [1.54, 1.807) is 6.07 Å². The van der Waals surface area contributed by atoms with E-state index < -0.39 is 5.91 Å². The molecule has 0 heterocycles. The Hall–Kier alpha value is -2.29. The first-order chi connectivity index (χ1) is 9.88. The number of amides is 1. The molecular formula is C18H22N2O. The maximum atomic E-state index is 11.2. The number of carbonyl (C=O) groups excluding carboxylic acids is 1. The summed E-state index contributed by atoms with van der Waals surface area (Å²) in [6, 6.07) is 12.2. The fraction of sp³-hybridized carbons (Fsp3) is 0.278. The zero-order valence-electron chi connectivity index (χ0n) is 13.0. The summed E-state index contributed by atoms with van der Waals surface area (Å²) < 4.78 is 0. The second kappa shape index (κ2) is 6.00. The summed E-state index contributed by atoms with van der Waals surface area (Å²) in [5.74, 6) is -0.396. The summed E-state index contributed by atoms with van der Waals surface area (Å²) in [6.45, 7) is 8.34. The molecule has 21 heavy (non-hydrogen) atoms. The highest BCUT2D eigenvalue weighted by Crippen LogP contribution is 2.24. The van der Waals surface area contributed by atoms with Crippen molar-refractivity contribution in [1.29, 1.82) is 0 Å². The average Bonchev–Trinajstić information content (AvgIpc) is 2.43. The van der Waals surface area contributed by atoms with Gasteiger partial charge in [-0.3, -0.25) is 4.79 Å². The van der Waals surface area contributed by atoms with Gasteiger partial charge in [-0.15, -0.1) is 0 Å². The minimum atomic E-state index is -0.396. The van der Waals surface area contributed by atoms with E-state index in [1.807, 2.05) is 19.1 Å². The molecule has 2 aromatic carbocycles. The second-order valence-corrected chi connectivity index (χ2v) is 5.60. The number of hydrogen-bond acceptors (Lipinski definition) is 2. The maximum absolute atomic E-state index is 11.2. The summed E-state index contributed by atoms with van der Waals surface area (Å²) in [4.78, 5) is 11.2. The van der Waals surface area contributed by atoms with E-state index >= 15 is 0 Å². The molecule has 3 nitrogen and oxygen atoms in total. The van der Waals surface area contributed by atoms with Gasteiger partial charge in [0, 0.05) is 17.3 Å². The lowest BCUT2D eigenvalue weighted by Gasteiger charge is -2.19. The van der Waals surface area contributed by atoms with E-state index in [4.69, 9.17) is 5.73 Å². The Morgan fingerprint density at radius 1 is 1.00 bits per heavy atom. The minimum absolute atomic E-state index is 0.197. The molecule has 1 amide bonds. The average molecular weight is 282 g/mol. The molecule has 0 aliphatic carbocycles. The number of benzene rings is 2. The molecule has 0 aromatic heterocycles. The molecule has 2 aromatic rings. The monoisotopic (exact) mass is 282 g/mol. The molecule has 0 aliphatic heterocycles. The van der Waals surface area contributed by atoms with Crippen LogP contribution in [0.5, 0.6) is 0 Å². The van der Waals surface area contributed by atoms with Crippen LogP contribution < -0.4 is 11.1 Å². The van der Waals surface area contributed by atoms with Crippen LogP contribution in [-0.4, -0.2) is 5.91 Å². The molecule has 0 fully saturated rings. The van der Waals surface area contributed by atoms with Gasteiger partial charge in [0.2, 0.25) is 5.91 Å². The Bertz CT molecular complexity index is 677. The summed E-state index contributed by atoms with van der Waals surface area (Å²) >= 11 is 0. The highest BCUT2D eigenvalue weighted by Gasteiger charge is 2.09. The molecule has 0 bridgehead atoms. The Labute approximate surface area is 126 Å². The fourth-order valence-corrected chi connectivity index (χ4v) is 2.33. The highest BCUT2D eigenvalue weighted by atomic mass is 16.1. The van der Waals surface area contributed by atoms with Crippen molar-refractivity contribution < 1.29 is 4.79 Å². The molecule has 2 rings (SSSR count). The number of nitrogens with one attached hydrogen (secondary N) is 1. The molecule has 110 valence electrons. The molecule has 0 saturated carbocycles. The smallest absolute Gasteiger partial charge is 0.248 e. The number of rotatable bonds is 4. The first kappa shape index (κ1) is 15.1. The number of carbonyl (C=O) groups is 1. The standard InChI is InChI=1S/C18H22N2O/c1-11-5-6-15(9-12(11)2)14(4)20-17-8-7-16(18(19)21)10-13(17)3/h5-10,14,20H,1-4H3,(H2,19,21). The molecule has 0 saturated heterocycles. The van der Waals surface area contributed by atoms with Crippen molar-refractivity contribution in [1.82, 2.24) is 0 Å². The van der Waals surface area contributed by atoms with Crippen molar-refractivity contribution >= 4 is 11.6 Å². The van der Waals surface area contributed by atoms with Crippen molar-refractivity contribution in [2.45, 2.75) is 33.7 Å². The quantitative estimate of drug-likeness (QED) is 0.894. The maximum Gasteiger partial charge on any atom is 0.248 e. The molecular weight excluding hydrogens is 260 g/mol. The van der Waals surface area contributed by atoms with Gasteiger partial charge in [0.25, 0.3) is 0 Å². The lowest BCUT2D eigenvalue weighted by Crippen LogP contribution is -2.12. The van der Waals surface area contributed by atoms with Gasteiger partial charge in [0.05, 0.1) is 0 Å². The zero-order chi connectivity index (χ0) is 15.6. The summed E-state index contributed by atoms with van der Waals surface area (Å²) in [7, 11) is 0. The molecule has 0 radical (unpaired) electrons. The van der Waals surface area contributed by atoms with E-state index in [-0.39, 0.29) is 6.04 Å². The van der Waals surface area contributed by atoms with Crippen LogP contribution >= 0.6 is 0 Å². The first-order valence-corrected chi connectivity index (χ1v) is 7.12. The van der Waals surface area contributed by atoms with Crippen molar-refractivity contribution in [2.75, 3.05) is 5.32 Å². The van der Waals surface area contributed by atoms with Gasteiger partial charge in [-0.1, -0.05) is 18.2 Å². The van der Waals surface area contributed by atoms with Crippen LogP contribution in [0.25, 0.3) is 0 Å². The Balaban J connectivity index is 2.21. The summed E-state index contributed by atoms with van der Waals surface area (Å²) in [5.41, 5.74) is 11.7. The number of hydrogen-bond donors (Lipinski definition) is 2. The second-order valence-electron chi connectivity index (χ2n) is 5.60. The number of aryl methyl sites for hydroxylation is 3. The Kier molecular flexibility index (Phi) is 4.32. The van der Waals surface area contributed by atoms with Crippen LogP contribution in [0, 0.1) is 20.8 Å². The highest BCUT2D eigenvalue weighted by molar-refractivity contribution is 5.93. The fourth-order valence-electron chi connectivity index (χ4n) is 2.33. The van der Waals surface area contributed by atoms with E-state index in [0.717, 1.165) is 11.3 Å². The van der Waals surface area contributed by atoms with Gasteiger partial charge in [0.15, 0.2) is 0 Å². The normalized spacial score (nSPS) is 12.0. The number of primary amides is 1. The molecule has 0 spiro atoms. The topological polar surface area (TPSA) is 55.1 Å². The lowest BCUT2D eigenvalue weighted by atomic mass is 10.0. The van der Waals surface area contributed by atoms with Gasteiger partial charge in [-0.05, 0) is 68.1 Å². The van der Waals surface area contributed by atoms with Crippen LogP contribution in [0.2, 0.25) is 0 Å². The van der Waals surface area contributed by atoms with Gasteiger partial charge in [-0.25, -0.2) is 0 Å². The third-order valence-corrected chi connectivity index (χ3v) is 3.91. The molecule has 3 N–H and O–H groups in total. The summed E-state index contributed by atoms with van der Waals surface area (Å²) in [6.07, 6.45) is 0. The lowest BCUT2D eigenvalue weighted by molar-refractivity contribution is 0.1000. The Morgan fingerprint density at radius 3 is 2.29 bits per heavy atom. The van der Waals surface area contributed by atoms with Crippen LogP contribution in [0.15, 0.2) is 36.4 Å². The molecule has 1 atom stereocenters. The van der Waals surface area contributed by atoms with Crippen LogP contribution in [0.1, 0.15) is 45.6 Å². The van der Waals surface area contributed by atoms with Crippen molar-refractivity contribution in [2.24, 2.45) is 5.73 Å².